The molecule has 1 aromatic carbocycles. The maximum absolute atomic E-state index is 12.3. The van der Waals surface area contributed by atoms with Crippen LogP contribution in [0, 0.1) is 0 Å². The second kappa shape index (κ2) is 5.72. The van der Waals surface area contributed by atoms with E-state index in [1.165, 1.54) is 0 Å². The molecule has 24 heavy (non-hydrogen) atoms. The van der Waals surface area contributed by atoms with Crippen molar-refractivity contribution in [2.24, 2.45) is 0 Å². The normalized spacial score (nSPS) is 11.5. The maximum Gasteiger partial charge on any atom is 0.326 e. The van der Waals surface area contributed by atoms with Gasteiger partial charge in [-0.25, -0.2) is 9.78 Å². The van der Waals surface area contributed by atoms with Gasteiger partial charge in [-0.2, -0.15) is 0 Å². The molecule has 120 valence electrons. The summed E-state index contributed by atoms with van der Waals surface area (Å²) in [7, 11) is 0. The number of nitrogens with one attached hydrogen (secondary N) is 1. The van der Waals surface area contributed by atoms with Crippen LogP contribution in [0.5, 0.6) is 0 Å². The van der Waals surface area contributed by atoms with Crippen LogP contribution in [0.2, 0.25) is 0 Å². The number of nitrogens with zero attached hydrogens (tertiary/aromatic N) is 3. The predicted octanol–water partition coefficient (Wildman–Crippen LogP) is 4.10. The molecule has 0 saturated carbocycles. The summed E-state index contributed by atoms with van der Waals surface area (Å²) in [6.45, 7) is 4.01. The smallest absolute Gasteiger partial charge is 0.305 e. The van der Waals surface area contributed by atoms with Gasteiger partial charge in [-0.1, -0.05) is 12.1 Å². The van der Waals surface area contributed by atoms with Gasteiger partial charge in [0.05, 0.1) is 16.7 Å². The van der Waals surface area contributed by atoms with Crippen LogP contribution in [0.3, 0.4) is 0 Å². The lowest BCUT2D eigenvalue weighted by Crippen LogP contribution is -2.18. The minimum atomic E-state index is -0.0889. The number of rotatable bonds is 3. The van der Waals surface area contributed by atoms with Crippen LogP contribution >= 0.6 is 11.3 Å². The first-order valence-corrected chi connectivity index (χ1v) is 8.63. The highest BCUT2D eigenvalue weighted by Crippen LogP contribution is 2.32. The number of fused-ring (bicyclic) bond motifs is 1. The lowest BCUT2D eigenvalue weighted by atomic mass is 10.2. The third-order valence-corrected chi connectivity index (χ3v) is 4.81. The predicted molar refractivity (Wildman–Crippen MR) is 97.3 cm³/mol. The number of pyridine rings is 1. The zero-order valence-electron chi connectivity index (χ0n) is 13.4. The second-order valence-electron chi connectivity index (χ2n) is 5.85. The highest BCUT2D eigenvalue weighted by molar-refractivity contribution is 7.13. The van der Waals surface area contributed by atoms with Crippen molar-refractivity contribution >= 4 is 22.4 Å². The van der Waals surface area contributed by atoms with E-state index >= 15 is 0 Å². The van der Waals surface area contributed by atoms with Crippen molar-refractivity contribution in [3.63, 3.8) is 0 Å². The molecule has 0 unspecified atom stereocenters. The number of aromatic amines is 1. The van der Waals surface area contributed by atoms with Gasteiger partial charge in [0.1, 0.15) is 10.7 Å². The third-order valence-electron chi connectivity index (χ3n) is 3.93. The molecule has 4 rings (SSSR count). The largest absolute Gasteiger partial charge is 0.326 e. The quantitative estimate of drug-likeness (QED) is 0.613. The van der Waals surface area contributed by atoms with Gasteiger partial charge in [-0.05, 0) is 38.1 Å². The van der Waals surface area contributed by atoms with Crippen LogP contribution in [0.15, 0.2) is 52.8 Å². The summed E-state index contributed by atoms with van der Waals surface area (Å²) in [5, 5.41) is 2.87. The van der Waals surface area contributed by atoms with Crippen LogP contribution in [-0.4, -0.2) is 19.5 Å². The van der Waals surface area contributed by atoms with Gasteiger partial charge in [-0.3, -0.25) is 9.55 Å². The van der Waals surface area contributed by atoms with E-state index in [0.29, 0.717) is 0 Å². The molecule has 0 radical (unpaired) electrons. The van der Waals surface area contributed by atoms with Crippen molar-refractivity contribution in [1.29, 1.82) is 0 Å². The average molecular weight is 336 g/mol. The Hall–Kier alpha value is -2.73. The Morgan fingerprint density at radius 1 is 1.12 bits per heavy atom. The zero-order valence-corrected chi connectivity index (χ0v) is 14.2. The fraction of sp³-hybridized carbons (Fsp3) is 0.167. The number of benzene rings is 1. The van der Waals surface area contributed by atoms with Gasteiger partial charge in [0.25, 0.3) is 0 Å². The summed E-state index contributed by atoms with van der Waals surface area (Å²) < 4.78 is 1.77. The number of H-pyrrole nitrogens is 1. The first-order valence-electron chi connectivity index (χ1n) is 7.75. The Morgan fingerprint density at radius 3 is 2.75 bits per heavy atom. The molecular formula is C18H16N4OS. The Labute approximate surface area is 142 Å². The number of para-hydroxylation sites is 1. The summed E-state index contributed by atoms with van der Waals surface area (Å²) in [5.41, 5.74) is 4.28. The van der Waals surface area contributed by atoms with Gasteiger partial charge in [0.2, 0.25) is 0 Å². The molecule has 3 heterocycles. The molecule has 3 aromatic heterocycles. The second-order valence-corrected chi connectivity index (χ2v) is 6.70. The molecule has 0 amide bonds. The van der Waals surface area contributed by atoms with Crippen LogP contribution < -0.4 is 5.69 Å². The first-order chi connectivity index (χ1) is 11.6. The fourth-order valence-electron chi connectivity index (χ4n) is 2.87. The van der Waals surface area contributed by atoms with Gasteiger partial charge >= 0.3 is 5.69 Å². The third kappa shape index (κ3) is 2.35. The van der Waals surface area contributed by atoms with Gasteiger partial charge in [-0.15, -0.1) is 11.3 Å². The maximum atomic E-state index is 12.3. The molecular weight excluding hydrogens is 320 g/mol. The number of thiazole rings is 1. The van der Waals surface area contributed by atoms with Gasteiger partial charge < -0.3 is 4.98 Å². The van der Waals surface area contributed by atoms with E-state index in [1.54, 1.807) is 22.1 Å². The Bertz CT molecular complexity index is 1060. The molecule has 0 bridgehead atoms. The minimum absolute atomic E-state index is 0.0889. The number of imidazole rings is 1. The number of hydrogen-bond donors (Lipinski definition) is 1. The molecule has 5 nitrogen and oxygen atoms in total. The van der Waals surface area contributed by atoms with E-state index < -0.39 is 0 Å². The van der Waals surface area contributed by atoms with Crippen LogP contribution in [0.1, 0.15) is 19.9 Å². The first kappa shape index (κ1) is 14.8. The molecule has 0 atom stereocenters. The minimum Gasteiger partial charge on any atom is -0.305 e. The number of aromatic nitrogens is 4. The molecule has 0 saturated heterocycles. The summed E-state index contributed by atoms with van der Waals surface area (Å²) in [6.07, 6.45) is 1.76. The van der Waals surface area contributed by atoms with Crippen molar-refractivity contribution in [2.45, 2.75) is 19.9 Å². The monoisotopic (exact) mass is 336 g/mol. The van der Waals surface area contributed by atoms with Gasteiger partial charge in [0, 0.05) is 23.2 Å². The van der Waals surface area contributed by atoms with E-state index in [1.807, 2.05) is 55.6 Å². The lowest BCUT2D eigenvalue weighted by Gasteiger charge is -2.07. The molecule has 0 aliphatic heterocycles. The van der Waals surface area contributed by atoms with E-state index in [2.05, 4.69) is 9.97 Å². The van der Waals surface area contributed by atoms with Crippen molar-refractivity contribution in [3.8, 4) is 22.0 Å². The molecule has 0 spiro atoms. The molecule has 4 aromatic rings. The SMILES string of the molecule is CC(C)n1c(=O)[nH]c2c(-c3nc(-c4ccccn4)cs3)cccc21. The fourth-order valence-corrected chi connectivity index (χ4v) is 3.71. The van der Waals surface area contributed by atoms with Crippen molar-refractivity contribution < 1.29 is 0 Å². The molecule has 0 aliphatic rings. The summed E-state index contributed by atoms with van der Waals surface area (Å²) in [6, 6.07) is 11.8. The average Bonchev–Trinajstić information content (AvgIpc) is 3.19. The molecule has 0 fully saturated rings. The van der Waals surface area contributed by atoms with Crippen molar-refractivity contribution in [3.05, 3.63) is 58.5 Å². The highest BCUT2D eigenvalue weighted by Gasteiger charge is 2.15. The van der Waals surface area contributed by atoms with Crippen LogP contribution in [0.4, 0.5) is 0 Å². The van der Waals surface area contributed by atoms with E-state index in [9.17, 15) is 4.79 Å². The molecule has 0 aliphatic carbocycles. The van der Waals surface area contributed by atoms with Gasteiger partial charge in [0.15, 0.2) is 0 Å². The Balaban J connectivity index is 1.88. The van der Waals surface area contributed by atoms with E-state index in [-0.39, 0.29) is 11.7 Å². The highest BCUT2D eigenvalue weighted by atomic mass is 32.1. The van der Waals surface area contributed by atoms with Crippen molar-refractivity contribution in [2.75, 3.05) is 0 Å². The van der Waals surface area contributed by atoms with Crippen LogP contribution in [-0.2, 0) is 0 Å². The van der Waals surface area contributed by atoms with Crippen LogP contribution in [0.25, 0.3) is 33.0 Å². The molecule has 6 heteroatoms. The molecule has 1 N–H and O–H groups in total. The number of hydrogen-bond acceptors (Lipinski definition) is 4. The van der Waals surface area contributed by atoms with E-state index in [4.69, 9.17) is 4.98 Å². The summed E-state index contributed by atoms with van der Waals surface area (Å²) in [4.78, 5) is 24.3. The topological polar surface area (TPSA) is 63.6 Å². The Kier molecular flexibility index (Phi) is 3.54. The lowest BCUT2D eigenvalue weighted by molar-refractivity contribution is 0.598. The summed E-state index contributed by atoms with van der Waals surface area (Å²) >= 11 is 1.55. The van der Waals surface area contributed by atoms with Crippen molar-refractivity contribution in [1.82, 2.24) is 19.5 Å². The van der Waals surface area contributed by atoms with E-state index in [0.717, 1.165) is 33.0 Å². The zero-order chi connectivity index (χ0) is 16.7. The standard InChI is InChI=1S/C18H16N4OS/c1-11(2)22-15-8-5-6-12(16(15)21-18(22)23)17-20-14(10-24-17)13-7-3-4-9-19-13/h3-11H,1-2H3,(H,21,23). The summed E-state index contributed by atoms with van der Waals surface area (Å²) in [5.74, 6) is 0. The Morgan fingerprint density at radius 2 is 2.00 bits per heavy atom.